The Hall–Kier alpha value is -1.97. The normalized spacial score (nSPS) is 29.1. The summed E-state index contributed by atoms with van der Waals surface area (Å²) in [4.78, 5) is 2.56. The Morgan fingerprint density at radius 2 is 1.69 bits per heavy atom. The zero-order valence-electron chi connectivity index (χ0n) is 15.2. The van der Waals surface area contributed by atoms with Crippen molar-refractivity contribution in [3.63, 3.8) is 0 Å². The first-order valence-electron chi connectivity index (χ1n) is 9.50. The Kier molecular flexibility index (Phi) is 4.68. The standard InChI is InChI=1S/C23H26FNO/c1-17(13-18-5-3-2-4-6-18)16-25-21-11-12-22(25)15-23(26,14-21)19-7-9-20(24)10-8-19/h2-10,13,21-22,26H,11-12,14-16H2,1H3/b17-13+/t21-,22-/m0/s1. The van der Waals surface area contributed by atoms with E-state index in [4.69, 9.17) is 0 Å². The second kappa shape index (κ2) is 6.98. The molecule has 136 valence electrons. The number of rotatable bonds is 4. The van der Waals surface area contributed by atoms with Gasteiger partial charge >= 0.3 is 0 Å². The average Bonchev–Trinajstić information content (AvgIpc) is 2.87. The van der Waals surface area contributed by atoms with Crippen LogP contribution in [0, 0.1) is 5.82 Å². The van der Waals surface area contributed by atoms with Gasteiger partial charge in [-0.05, 0) is 55.9 Å². The van der Waals surface area contributed by atoms with E-state index >= 15 is 0 Å². The zero-order chi connectivity index (χ0) is 18.1. The van der Waals surface area contributed by atoms with Crippen molar-refractivity contribution in [2.45, 2.75) is 50.3 Å². The molecule has 2 aromatic carbocycles. The summed E-state index contributed by atoms with van der Waals surface area (Å²) in [7, 11) is 0. The van der Waals surface area contributed by atoms with Crippen LogP contribution in [0.25, 0.3) is 6.08 Å². The fourth-order valence-corrected chi connectivity index (χ4v) is 4.74. The van der Waals surface area contributed by atoms with Crippen LogP contribution >= 0.6 is 0 Å². The van der Waals surface area contributed by atoms with Gasteiger partial charge in [-0.3, -0.25) is 4.90 Å². The zero-order valence-corrected chi connectivity index (χ0v) is 15.2. The molecule has 2 heterocycles. The first kappa shape index (κ1) is 17.4. The summed E-state index contributed by atoms with van der Waals surface area (Å²) in [5, 5.41) is 11.2. The van der Waals surface area contributed by atoms with Crippen molar-refractivity contribution in [3.05, 3.63) is 77.1 Å². The van der Waals surface area contributed by atoms with Crippen LogP contribution in [-0.2, 0) is 5.60 Å². The molecule has 2 atom stereocenters. The van der Waals surface area contributed by atoms with Crippen LogP contribution in [0.1, 0.15) is 43.7 Å². The van der Waals surface area contributed by atoms with Crippen molar-refractivity contribution in [1.29, 1.82) is 0 Å². The van der Waals surface area contributed by atoms with Gasteiger partial charge in [0.25, 0.3) is 0 Å². The van der Waals surface area contributed by atoms with Crippen LogP contribution in [0.2, 0.25) is 0 Å². The number of nitrogens with zero attached hydrogens (tertiary/aromatic N) is 1. The van der Waals surface area contributed by atoms with E-state index in [9.17, 15) is 9.50 Å². The third kappa shape index (κ3) is 3.46. The minimum Gasteiger partial charge on any atom is -0.385 e. The fraction of sp³-hybridized carbons (Fsp3) is 0.391. The molecule has 2 aliphatic rings. The molecule has 2 aromatic rings. The van der Waals surface area contributed by atoms with E-state index in [0.29, 0.717) is 12.1 Å². The lowest BCUT2D eigenvalue weighted by Crippen LogP contribution is -2.50. The predicted molar refractivity (Wildman–Crippen MR) is 103 cm³/mol. The first-order valence-corrected chi connectivity index (χ1v) is 9.50. The van der Waals surface area contributed by atoms with Crippen LogP contribution in [0.4, 0.5) is 4.39 Å². The van der Waals surface area contributed by atoms with Gasteiger partial charge in [-0.25, -0.2) is 4.39 Å². The number of benzene rings is 2. The van der Waals surface area contributed by atoms with Crippen molar-refractivity contribution in [2.75, 3.05) is 6.54 Å². The van der Waals surface area contributed by atoms with Gasteiger partial charge in [0.15, 0.2) is 0 Å². The van der Waals surface area contributed by atoms with Gasteiger partial charge in [0, 0.05) is 18.6 Å². The van der Waals surface area contributed by atoms with E-state index in [1.54, 1.807) is 12.1 Å². The Bertz CT molecular complexity index is 770. The molecule has 2 bridgehead atoms. The molecule has 0 spiro atoms. The van der Waals surface area contributed by atoms with E-state index in [1.165, 1.54) is 23.3 Å². The number of piperidine rings is 1. The molecule has 2 fully saturated rings. The number of hydrogen-bond acceptors (Lipinski definition) is 2. The van der Waals surface area contributed by atoms with Crippen molar-refractivity contribution in [2.24, 2.45) is 0 Å². The molecule has 3 heteroatoms. The van der Waals surface area contributed by atoms with E-state index < -0.39 is 5.60 Å². The molecule has 2 aliphatic heterocycles. The lowest BCUT2D eigenvalue weighted by atomic mass is 9.80. The monoisotopic (exact) mass is 351 g/mol. The predicted octanol–water partition coefficient (Wildman–Crippen LogP) is 4.74. The number of hydrogen-bond donors (Lipinski definition) is 1. The topological polar surface area (TPSA) is 23.5 Å². The van der Waals surface area contributed by atoms with Crippen LogP contribution in [-0.4, -0.2) is 28.6 Å². The summed E-state index contributed by atoms with van der Waals surface area (Å²) in [6.07, 6.45) is 5.97. The second-order valence-electron chi connectivity index (χ2n) is 7.91. The third-order valence-corrected chi connectivity index (χ3v) is 5.94. The summed E-state index contributed by atoms with van der Waals surface area (Å²) >= 11 is 0. The van der Waals surface area contributed by atoms with Crippen molar-refractivity contribution in [1.82, 2.24) is 4.90 Å². The molecule has 0 amide bonds. The molecule has 2 saturated heterocycles. The number of aliphatic hydroxyl groups is 1. The quantitative estimate of drug-likeness (QED) is 0.860. The maximum Gasteiger partial charge on any atom is 0.123 e. The molecule has 0 aliphatic carbocycles. The van der Waals surface area contributed by atoms with Gasteiger partial charge < -0.3 is 5.11 Å². The molecule has 4 rings (SSSR count). The maximum atomic E-state index is 13.2. The summed E-state index contributed by atoms with van der Waals surface area (Å²) in [6.45, 7) is 3.14. The summed E-state index contributed by atoms with van der Waals surface area (Å²) in [6, 6.07) is 17.6. The Morgan fingerprint density at radius 1 is 1.08 bits per heavy atom. The molecular formula is C23H26FNO. The number of halogens is 1. The summed E-state index contributed by atoms with van der Waals surface area (Å²) in [5.41, 5.74) is 2.61. The highest BCUT2D eigenvalue weighted by Crippen LogP contribution is 2.45. The lowest BCUT2D eigenvalue weighted by Gasteiger charge is -2.44. The average molecular weight is 351 g/mol. The van der Waals surface area contributed by atoms with Gasteiger partial charge in [0.2, 0.25) is 0 Å². The van der Waals surface area contributed by atoms with Crippen molar-refractivity contribution < 1.29 is 9.50 Å². The minimum atomic E-state index is -0.826. The Labute approximate surface area is 155 Å². The van der Waals surface area contributed by atoms with Gasteiger partial charge in [0.1, 0.15) is 5.82 Å². The van der Waals surface area contributed by atoms with Crippen LogP contribution in [0.5, 0.6) is 0 Å². The second-order valence-corrected chi connectivity index (χ2v) is 7.91. The highest BCUT2D eigenvalue weighted by atomic mass is 19.1. The minimum absolute atomic E-state index is 0.251. The van der Waals surface area contributed by atoms with Crippen LogP contribution in [0.3, 0.4) is 0 Å². The molecule has 0 aromatic heterocycles. The van der Waals surface area contributed by atoms with Gasteiger partial charge in [-0.2, -0.15) is 0 Å². The number of fused-ring (bicyclic) bond motifs is 2. The summed E-state index contributed by atoms with van der Waals surface area (Å²) < 4.78 is 13.2. The highest BCUT2D eigenvalue weighted by Gasteiger charge is 2.48. The molecule has 0 unspecified atom stereocenters. The highest BCUT2D eigenvalue weighted by molar-refractivity contribution is 5.52. The molecule has 26 heavy (non-hydrogen) atoms. The maximum absolute atomic E-state index is 13.2. The third-order valence-electron chi connectivity index (χ3n) is 5.94. The molecule has 0 radical (unpaired) electrons. The van der Waals surface area contributed by atoms with E-state index in [2.05, 4.69) is 42.2 Å². The van der Waals surface area contributed by atoms with Crippen molar-refractivity contribution in [3.8, 4) is 0 Å². The smallest absolute Gasteiger partial charge is 0.123 e. The lowest BCUT2D eigenvalue weighted by molar-refractivity contribution is -0.0542. The van der Waals surface area contributed by atoms with E-state index in [-0.39, 0.29) is 5.82 Å². The molecular weight excluding hydrogens is 325 g/mol. The largest absolute Gasteiger partial charge is 0.385 e. The van der Waals surface area contributed by atoms with Crippen molar-refractivity contribution >= 4 is 6.08 Å². The molecule has 0 saturated carbocycles. The first-order chi connectivity index (χ1) is 12.5. The Balaban J connectivity index is 1.49. The van der Waals surface area contributed by atoms with Gasteiger partial charge in [0.05, 0.1) is 5.60 Å². The fourth-order valence-electron chi connectivity index (χ4n) is 4.74. The van der Waals surface area contributed by atoms with Crippen LogP contribution < -0.4 is 0 Å². The molecule has 2 nitrogen and oxygen atoms in total. The van der Waals surface area contributed by atoms with E-state index in [0.717, 1.165) is 37.8 Å². The molecule has 1 N–H and O–H groups in total. The van der Waals surface area contributed by atoms with E-state index in [1.807, 2.05) is 6.07 Å². The SMILES string of the molecule is C/C(=C\c1ccccc1)CN1[C@H]2CC[C@H]1CC(O)(c1ccc(F)cc1)C2. The summed E-state index contributed by atoms with van der Waals surface area (Å²) in [5.74, 6) is -0.251. The Morgan fingerprint density at radius 3 is 2.31 bits per heavy atom. The van der Waals surface area contributed by atoms with Gasteiger partial charge in [-0.1, -0.05) is 54.1 Å². The van der Waals surface area contributed by atoms with Crippen LogP contribution in [0.15, 0.2) is 60.2 Å². The van der Waals surface area contributed by atoms with Gasteiger partial charge in [-0.15, -0.1) is 0 Å².